The Morgan fingerprint density at radius 3 is 2.29 bits per heavy atom. The van der Waals surface area contributed by atoms with Gasteiger partial charge in [0.2, 0.25) is 0 Å². The van der Waals surface area contributed by atoms with Crippen LogP contribution in [0.1, 0.15) is 27.7 Å². The fourth-order valence-electron chi connectivity index (χ4n) is 1.70. The largest absolute Gasteiger partial charge is 0.497 e. The fourth-order valence-corrected chi connectivity index (χ4v) is 1.70. The van der Waals surface area contributed by atoms with E-state index in [0.29, 0.717) is 11.4 Å². The van der Waals surface area contributed by atoms with Crippen LogP contribution in [-0.2, 0) is 14.3 Å². The molecule has 0 N–H and O–H groups in total. The summed E-state index contributed by atoms with van der Waals surface area (Å²) in [5.74, 6) is 5.01. The zero-order chi connectivity index (χ0) is 18.2. The van der Waals surface area contributed by atoms with E-state index < -0.39 is 17.7 Å². The molecule has 0 unspecified atom stereocenters. The van der Waals surface area contributed by atoms with Crippen LogP contribution in [0.5, 0.6) is 5.75 Å². The number of carbonyl (C=O) groups is 2. The van der Waals surface area contributed by atoms with E-state index in [1.54, 1.807) is 59.1 Å². The highest BCUT2D eigenvalue weighted by Gasteiger charge is 2.23. The summed E-state index contributed by atoms with van der Waals surface area (Å²) in [5, 5.41) is 0. The van der Waals surface area contributed by atoms with Crippen molar-refractivity contribution in [2.75, 3.05) is 25.2 Å². The highest BCUT2D eigenvalue weighted by Crippen LogP contribution is 2.21. The van der Waals surface area contributed by atoms with Crippen LogP contribution >= 0.6 is 0 Å². The van der Waals surface area contributed by atoms with Crippen LogP contribution in [0.3, 0.4) is 0 Å². The molecule has 0 aromatic heterocycles. The van der Waals surface area contributed by atoms with Gasteiger partial charge in [-0.25, -0.2) is 9.59 Å². The first-order valence-corrected chi connectivity index (χ1v) is 7.57. The number of hydrogen-bond acceptors (Lipinski definition) is 5. The Hall–Kier alpha value is -2.68. The molecule has 0 aliphatic rings. The smallest absolute Gasteiger partial charge is 0.415 e. The number of nitrogens with zero attached hydrogens (tertiary/aromatic N) is 1. The lowest BCUT2D eigenvalue weighted by Gasteiger charge is -2.26. The molecule has 130 valence electrons. The molecule has 0 atom stereocenters. The average Bonchev–Trinajstić information content (AvgIpc) is 2.50. The van der Waals surface area contributed by atoms with Gasteiger partial charge in [-0.2, -0.15) is 0 Å². The second kappa shape index (κ2) is 8.82. The summed E-state index contributed by atoms with van der Waals surface area (Å²) in [6.45, 7) is 7.29. The Morgan fingerprint density at radius 1 is 1.17 bits per heavy atom. The number of carbonyl (C=O) groups excluding carboxylic acids is 2. The summed E-state index contributed by atoms with van der Waals surface area (Å²) >= 11 is 0. The third-order valence-electron chi connectivity index (χ3n) is 2.70. The molecular formula is C18H23NO5. The van der Waals surface area contributed by atoms with Crippen molar-refractivity contribution >= 4 is 17.7 Å². The molecule has 0 bridgehead atoms. The SMILES string of the molecule is CCOC(=O)C#CCN(C(=O)OC(C)(C)C)c1ccc(OC)cc1. The first kappa shape index (κ1) is 19.4. The molecule has 0 fully saturated rings. The van der Waals surface area contributed by atoms with Crippen LogP contribution in [0.4, 0.5) is 10.5 Å². The zero-order valence-corrected chi connectivity index (χ0v) is 14.7. The van der Waals surface area contributed by atoms with Crippen LogP contribution in [0.25, 0.3) is 0 Å². The van der Waals surface area contributed by atoms with Crippen molar-refractivity contribution in [1.82, 2.24) is 0 Å². The van der Waals surface area contributed by atoms with Crippen LogP contribution in [0.2, 0.25) is 0 Å². The second-order valence-corrected chi connectivity index (χ2v) is 5.79. The molecule has 6 nitrogen and oxygen atoms in total. The third kappa shape index (κ3) is 6.61. The van der Waals surface area contributed by atoms with E-state index in [9.17, 15) is 9.59 Å². The topological polar surface area (TPSA) is 65.1 Å². The predicted molar refractivity (Wildman–Crippen MR) is 91.0 cm³/mol. The Labute approximate surface area is 142 Å². The Kier molecular flexibility index (Phi) is 7.12. The van der Waals surface area contributed by atoms with E-state index in [0.717, 1.165) is 0 Å². The van der Waals surface area contributed by atoms with Crippen molar-refractivity contribution < 1.29 is 23.8 Å². The molecule has 1 aromatic rings. The molecule has 0 spiro atoms. The molecule has 0 heterocycles. The van der Waals surface area contributed by atoms with Gasteiger partial charge in [0.1, 0.15) is 11.4 Å². The van der Waals surface area contributed by atoms with E-state index in [1.807, 2.05) is 0 Å². The first-order chi connectivity index (χ1) is 11.3. The normalized spacial score (nSPS) is 10.2. The maximum atomic E-state index is 12.4. The number of esters is 1. The minimum atomic E-state index is -0.642. The number of hydrogen-bond donors (Lipinski definition) is 0. The molecule has 0 radical (unpaired) electrons. The Bertz CT molecular complexity index is 620. The summed E-state index contributed by atoms with van der Waals surface area (Å²) in [6, 6.07) is 6.89. The number of methoxy groups -OCH3 is 1. The van der Waals surface area contributed by atoms with Gasteiger partial charge in [-0.1, -0.05) is 5.92 Å². The van der Waals surface area contributed by atoms with E-state index in [-0.39, 0.29) is 13.2 Å². The van der Waals surface area contributed by atoms with Crippen molar-refractivity contribution in [1.29, 1.82) is 0 Å². The quantitative estimate of drug-likeness (QED) is 0.481. The fraction of sp³-hybridized carbons (Fsp3) is 0.444. The van der Waals surface area contributed by atoms with E-state index in [4.69, 9.17) is 14.2 Å². The van der Waals surface area contributed by atoms with Gasteiger partial charge in [0, 0.05) is 11.6 Å². The molecule has 0 aliphatic carbocycles. The second-order valence-electron chi connectivity index (χ2n) is 5.79. The number of benzene rings is 1. The monoisotopic (exact) mass is 333 g/mol. The van der Waals surface area contributed by atoms with Crippen molar-refractivity contribution in [2.24, 2.45) is 0 Å². The maximum absolute atomic E-state index is 12.4. The molecule has 1 rings (SSSR count). The molecule has 0 aliphatic heterocycles. The lowest BCUT2D eigenvalue weighted by molar-refractivity contribution is -0.136. The van der Waals surface area contributed by atoms with E-state index in [1.165, 1.54) is 4.90 Å². The van der Waals surface area contributed by atoms with Crippen LogP contribution in [-0.4, -0.2) is 37.9 Å². The molecule has 6 heteroatoms. The molecule has 24 heavy (non-hydrogen) atoms. The van der Waals surface area contributed by atoms with Gasteiger partial charge in [0.25, 0.3) is 0 Å². The van der Waals surface area contributed by atoms with Gasteiger partial charge < -0.3 is 14.2 Å². The maximum Gasteiger partial charge on any atom is 0.415 e. The van der Waals surface area contributed by atoms with Crippen molar-refractivity contribution in [3.8, 4) is 17.6 Å². The lowest BCUT2D eigenvalue weighted by atomic mass is 10.2. The highest BCUT2D eigenvalue weighted by atomic mass is 16.6. The Morgan fingerprint density at radius 2 is 1.79 bits per heavy atom. The van der Waals surface area contributed by atoms with Gasteiger partial charge in [-0.15, -0.1) is 0 Å². The summed E-state index contributed by atoms with van der Waals surface area (Å²) < 4.78 is 15.2. The third-order valence-corrected chi connectivity index (χ3v) is 2.70. The number of amides is 1. The summed E-state index contributed by atoms with van der Waals surface area (Å²) in [5.41, 5.74) is -0.0562. The highest BCUT2D eigenvalue weighted by molar-refractivity contribution is 5.90. The number of anilines is 1. The minimum absolute atomic E-state index is 0.0000560. The van der Waals surface area contributed by atoms with Crippen molar-refractivity contribution in [3.05, 3.63) is 24.3 Å². The van der Waals surface area contributed by atoms with Gasteiger partial charge in [-0.3, -0.25) is 4.90 Å². The molecule has 1 aromatic carbocycles. The van der Waals surface area contributed by atoms with Gasteiger partial charge in [-0.05, 0) is 52.0 Å². The molecular weight excluding hydrogens is 310 g/mol. The molecule has 1 amide bonds. The number of ether oxygens (including phenoxy) is 3. The van der Waals surface area contributed by atoms with Crippen LogP contribution < -0.4 is 9.64 Å². The van der Waals surface area contributed by atoms with E-state index in [2.05, 4.69) is 11.8 Å². The predicted octanol–water partition coefficient (Wildman–Crippen LogP) is 3.00. The molecule has 0 saturated heterocycles. The zero-order valence-electron chi connectivity index (χ0n) is 14.7. The molecule has 0 saturated carbocycles. The van der Waals surface area contributed by atoms with E-state index >= 15 is 0 Å². The van der Waals surface area contributed by atoms with Crippen molar-refractivity contribution in [3.63, 3.8) is 0 Å². The summed E-state index contributed by atoms with van der Waals surface area (Å²) in [6.07, 6.45) is -0.550. The van der Waals surface area contributed by atoms with Gasteiger partial charge in [0.05, 0.1) is 20.3 Å². The standard InChI is InChI=1S/C18H23NO5/c1-6-23-16(20)8-7-13-19(17(21)24-18(2,3)4)14-9-11-15(22-5)12-10-14/h9-12H,6,13H2,1-5H3. The summed E-state index contributed by atoms with van der Waals surface area (Å²) in [4.78, 5) is 25.0. The van der Waals surface area contributed by atoms with Gasteiger partial charge >= 0.3 is 12.1 Å². The summed E-state index contributed by atoms with van der Waals surface area (Å²) in [7, 11) is 1.56. The number of rotatable bonds is 4. The van der Waals surface area contributed by atoms with Gasteiger partial charge in [0.15, 0.2) is 0 Å². The van der Waals surface area contributed by atoms with Crippen LogP contribution in [0.15, 0.2) is 24.3 Å². The van der Waals surface area contributed by atoms with Crippen LogP contribution in [0, 0.1) is 11.8 Å². The van der Waals surface area contributed by atoms with Crippen molar-refractivity contribution in [2.45, 2.75) is 33.3 Å². The minimum Gasteiger partial charge on any atom is -0.497 e. The first-order valence-electron chi connectivity index (χ1n) is 7.57. The lowest BCUT2D eigenvalue weighted by Crippen LogP contribution is -2.37. The Balaban J connectivity index is 2.97. The average molecular weight is 333 g/mol.